The number of benzene rings is 4. The first-order valence-corrected chi connectivity index (χ1v) is 20.8. The lowest BCUT2D eigenvalue weighted by Crippen LogP contribution is -2.32. The third-order valence-electron chi connectivity index (χ3n) is 11.1. The lowest BCUT2D eigenvalue weighted by Gasteiger charge is -2.19. The minimum Gasteiger partial charge on any atom is -0.497 e. The van der Waals surface area contributed by atoms with Gasteiger partial charge in [0.25, 0.3) is 11.8 Å². The van der Waals surface area contributed by atoms with E-state index in [0.717, 1.165) is 33.8 Å². The third-order valence-corrected chi connectivity index (χ3v) is 11.1. The van der Waals surface area contributed by atoms with Gasteiger partial charge in [0, 0.05) is 62.8 Å². The molecule has 14 heteroatoms. The minimum atomic E-state index is -0.240. The van der Waals surface area contributed by atoms with Gasteiger partial charge in [-0.3, -0.25) is 19.6 Å². The van der Waals surface area contributed by atoms with Crippen molar-refractivity contribution < 1.29 is 42.7 Å². The van der Waals surface area contributed by atoms with E-state index in [9.17, 15) is 9.59 Å². The van der Waals surface area contributed by atoms with Crippen LogP contribution in [0.5, 0.6) is 34.5 Å². The SMILES string of the molecule is C#CCNCCOCCOc1ccc(C2=CN3C(=O)c4cc(OC)c(OCCCOc5cc6c(cc5OC)C(=O)N5C=C(c7ccc(OC)cc7)CC5C=N6)cc4N=CC3C2)cc1. The topological polar surface area (TPSA) is 142 Å². The zero-order valence-electron chi connectivity index (χ0n) is 35.5. The summed E-state index contributed by atoms with van der Waals surface area (Å²) in [5.41, 5.74) is 5.96. The molecule has 4 aliphatic rings. The predicted molar refractivity (Wildman–Crippen MR) is 240 cm³/mol. The van der Waals surface area contributed by atoms with Crippen LogP contribution >= 0.6 is 0 Å². The fourth-order valence-corrected chi connectivity index (χ4v) is 7.76. The standard InChI is InChI=1S/C49H49N5O9/c1-5-15-50-16-19-60-20-21-61-39-13-9-33(10-14-39)35-23-37-29-52-43-27-47(45(59-4)25-41(43)49(56)54(37)31-35)63-18-6-17-62-46-26-42-40(24-44(46)58-3)48(55)53-30-34(22-36(53)28-51-42)32-7-11-38(57-2)12-8-32/h1,7-14,24-31,36-37,50H,6,15-23H2,2-4H3. The molecule has 4 aromatic carbocycles. The van der Waals surface area contributed by atoms with Gasteiger partial charge in [-0.15, -0.1) is 6.42 Å². The molecule has 4 heterocycles. The molecule has 4 aromatic rings. The maximum absolute atomic E-state index is 13.9. The fourth-order valence-electron chi connectivity index (χ4n) is 7.76. The normalized spacial score (nSPS) is 17.0. The van der Waals surface area contributed by atoms with Gasteiger partial charge in [-0.25, -0.2) is 0 Å². The fraction of sp³-hybridized carbons (Fsp3) is 0.306. The lowest BCUT2D eigenvalue weighted by molar-refractivity contribution is 0.0809. The Morgan fingerprint density at radius 2 is 1.16 bits per heavy atom. The molecule has 2 atom stereocenters. The summed E-state index contributed by atoms with van der Waals surface area (Å²) in [6.45, 7) is 3.26. The monoisotopic (exact) mass is 851 g/mol. The first-order chi connectivity index (χ1) is 30.9. The van der Waals surface area contributed by atoms with Gasteiger partial charge in [0.2, 0.25) is 0 Å². The molecule has 4 aliphatic heterocycles. The summed E-state index contributed by atoms with van der Waals surface area (Å²) in [6, 6.07) is 22.0. The summed E-state index contributed by atoms with van der Waals surface area (Å²) in [7, 11) is 4.71. The van der Waals surface area contributed by atoms with Gasteiger partial charge >= 0.3 is 0 Å². The smallest absolute Gasteiger partial charge is 0.260 e. The summed E-state index contributed by atoms with van der Waals surface area (Å²) in [5, 5.41) is 3.08. The van der Waals surface area contributed by atoms with Crippen LogP contribution in [0.3, 0.4) is 0 Å². The second-order valence-corrected chi connectivity index (χ2v) is 15.0. The molecule has 2 unspecified atom stereocenters. The highest BCUT2D eigenvalue weighted by Crippen LogP contribution is 2.42. The number of terminal acetylenes is 1. The first-order valence-electron chi connectivity index (χ1n) is 20.8. The van der Waals surface area contributed by atoms with Crippen LogP contribution in [0.1, 0.15) is 51.1 Å². The van der Waals surface area contributed by atoms with E-state index >= 15 is 0 Å². The Labute approximate surface area is 366 Å². The van der Waals surface area contributed by atoms with Crippen LogP contribution in [0.15, 0.2) is 95.2 Å². The Balaban J connectivity index is 0.848. The molecule has 0 saturated heterocycles. The van der Waals surface area contributed by atoms with Crippen LogP contribution in [0.4, 0.5) is 11.4 Å². The second kappa shape index (κ2) is 19.7. The lowest BCUT2D eigenvalue weighted by atomic mass is 10.0. The Kier molecular flexibility index (Phi) is 13.4. The zero-order chi connectivity index (χ0) is 43.7. The van der Waals surface area contributed by atoms with Crippen LogP contribution in [0.25, 0.3) is 11.1 Å². The van der Waals surface area contributed by atoms with Crippen LogP contribution in [-0.4, -0.2) is 114 Å². The van der Waals surface area contributed by atoms with Crippen LogP contribution in [-0.2, 0) is 4.74 Å². The van der Waals surface area contributed by atoms with E-state index in [0.29, 0.717) is 111 Å². The molecule has 0 radical (unpaired) electrons. The van der Waals surface area contributed by atoms with Crippen molar-refractivity contribution in [2.45, 2.75) is 31.3 Å². The van der Waals surface area contributed by atoms with Crippen LogP contribution < -0.4 is 33.7 Å². The number of nitrogens with zero attached hydrogens (tertiary/aromatic N) is 4. The molecule has 0 saturated carbocycles. The molecular weight excluding hydrogens is 803 g/mol. The number of nitrogens with one attached hydrogen (secondary N) is 1. The number of ether oxygens (including phenoxy) is 7. The van der Waals surface area contributed by atoms with Gasteiger partial charge in [0.15, 0.2) is 23.0 Å². The maximum atomic E-state index is 13.9. The molecule has 0 aliphatic carbocycles. The highest BCUT2D eigenvalue weighted by molar-refractivity contribution is 6.06. The molecule has 0 bridgehead atoms. The van der Waals surface area contributed by atoms with E-state index in [1.807, 2.05) is 73.4 Å². The van der Waals surface area contributed by atoms with E-state index in [-0.39, 0.29) is 23.9 Å². The molecular formula is C49H49N5O9. The average molecular weight is 852 g/mol. The molecule has 1 N–H and O–H groups in total. The molecule has 2 amide bonds. The predicted octanol–water partition coefficient (Wildman–Crippen LogP) is 7.12. The van der Waals surface area contributed by atoms with Gasteiger partial charge in [0.05, 0.1) is 88.9 Å². The summed E-state index contributed by atoms with van der Waals surface area (Å²) in [6.07, 6.45) is 14.4. The highest BCUT2D eigenvalue weighted by Gasteiger charge is 2.35. The molecule has 0 spiro atoms. The molecule has 8 rings (SSSR count). The van der Waals surface area contributed by atoms with Gasteiger partial charge in [-0.05, 0) is 58.7 Å². The van der Waals surface area contributed by atoms with Crippen molar-refractivity contribution in [1.29, 1.82) is 0 Å². The van der Waals surface area contributed by atoms with Crippen molar-refractivity contribution in [1.82, 2.24) is 15.1 Å². The van der Waals surface area contributed by atoms with Gasteiger partial charge in [0.1, 0.15) is 18.1 Å². The Bertz CT molecular complexity index is 2490. The largest absolute Gasteiger partial charge is 0.497 e. The third kappa shape index (κ3) is 9.55. The van der Waals surface area contributed by atoms with Crippen molar-refractivity contribution >= 4 is 46.8 Å². The number of carbonyl (C=O) groups excluding carboxylic acids is 2. The zero-order valence-corrected chi connectivity index (χ0v) is 35.5. The van der Waals surface area contributed by atoms with Crippen molar-refractivity contribution in [2.75, 3.05) is 67.5 Å². The number of fused-ring (bicyclic) bond motifs is 4. The molecule has 0 fully saturated rings. The van der Waals surface area contributed by atoms with Gasteiger partial charge in [-0.2, -0.15) is 0 Å². The number of amides is 2. The number of rotatable bonds is 19. The quantitative estimate of drug-likeness (QED) is 0.0766. The van der Waals surface area contributed by atoms with Gasteiger partial charge < -0.3 is 48.3 Å². The summed E-state index contributed by atoms with van der Waals surface area (Å²) >= 11 is 0. The van der Waals surface area contributed by atoms with Crippen molar-refractivity contribution in [3.8, 4) is 46.8 Å². The number of hydrogen-bond donors (Lipinski definition) is 1. The van der Waals surface area contributed by atoms with Crippen molar-refractivity contribution in [3.63, 3.8) is 0 Å². The van der Waals surface area contributed by atoms with Crippen LogP contribution in [0, 0.1) is 12.3 Å². The summed E-state index contributed by atoms with van der Waals surface area (Å²) in [5.74, 6) is 5.48. The molecule has 63 heavy (non-hydrogen) atoms. The molecule has 324 valence electrons. The van der Waals surface area contributed by atoms with E-state index < -0.39 is 0 Å². The van der Waals surface area contributed by atoms with E-state index in [4.69, 9.17) is 49.6 Å². The number of carbonyl (C=O) groups is 2. The second-order valence-electron chi connectivity index (χ2n) is 15.0. The Morgan fingerprint density at radius 1 is 0.635 bits per heavy atom. The summed E-state index contributed by atoms with van der Waals surface area (Å²) < 4.78 is 40.3. The molecule has 0 aromatic heterocycles. The average Bonchev–Trinajstić information content (AvgIpc) is 3.90. The Hall–Kier alpha value is -7.08. The number of aliphatic imine (C=N–C) groups is 2. The highest BCUT2D eigenvalue weighted by atomic mass is 16.5. The first kappa shape index (κ1) is 42.6. The van der Waals surface area contributed by atoms with Crippen molar-refractivity contribution in [2.24, 2.45) is 9.98 Å². The van der Waals surface area contributed by atoms with E-state index in [1.54, 1.807) is 48.3 Å². The van der Waals surface area contributed by atoms with Gasteiger partial charge in [-0.1, -0.05) is 30.2 Å². The van der Waals surface area contributed by atoms with Crippen LogP contribution in [0.2, 0.25) is 0 Å². The van der Waals surface area contributed by atoms with E-state index in [2.05, 4.69) is 11.2 Å². The minimum absolute atomic E-state index is 0.162. The summed E-state index contributed by atoms with van der Waals surface area (Å²) in [4.78, 5) is 40.6. The number of hydrogen-bond acceptors (Lipinski definition) is 12. The number of methoxy groups -OCH3 is 3. The molecule has 14 nitrogen and oxygen atoms in total. The Morgan fingerprint density at radius 3 is 1.65 bits per heavy atom. The maximum Gasteiger partial charge on any atom is 0.260 e. The van der Waals surface area contributed by atoms with E-state index in [1.165, 1.54) is 7.11 Å². The van der Waals surface area contributed by atoms with Crippen molar-refractivity contribution in [3.05, 3.63) is 107 Å².